The number of rotatable bonds is 7. The van der Waals surface area contributed by atoms with Crippen molar-refractivity contribution < 1.29 is 9.47 Å². The van der Waals surface area contributed by atoms with E-state index in [4.69, 9.17) is 9.47 Å². The second-order valence-electron chi connectivity index (χ2n) is 7.16. The van der Waals surface area contributed by atoms with E-state index in [2.05, 4.69) is 44.3 Å². The van der Waals surface area contributed by atoms with Crippen LogP contribution in [-0.2, 0) is 4.74 Å². The van der Waals surface area contributed by atoms with Crippen LogP contribution in [0.4, 0.5) is 5.95 Å². The molecule has 1 aromatic heterocycles. The summed E-state index contributed by atoms with van der Waals surface area (Å²) in [5.74, 6) is 7.19. The molecule has 1 saturated heterocycles. The summed E-state index contributed by atoms with van der Waals surface area (Å²) in [6.07, 6.45) is 2.29. The minimum atomic E-state index is 0.168. The van der Waals surface area contributed by atoms with Crippen LogP contribution in [0.1, 0.15) is 37.9 Å². The molecule has 0 spiro atoms. The van der Waals surface area contributed by atoms with E-state index < -0.39 is 0 Å². The van der Waals surface area contributed by atoms with E-state index in [-0.39, 0.29) is 6.79 Å². The van der Waals surface area contributed by atoms with Crippen LogP contribution in [0.15, 0.2) is 18.2 Å². The van der Waals surface area contributed by atoms with Gasteiger partial charge in [-0.2, -0.15) is 0 Å². The fraction of sp³-hybridized carbons (Fsp3) is 0.500. The number of likely N-dealkylation sites (tertiary alicyclic amines) is 1. The van der Waals surface area contributed by atoms with Gasteiger partial charge < -0.3 is 19.7 Å². The number of hydrogen-bond acceptors (Lipinski definition) is 7. The van der Waals surface area contributed by atoms with Crippen molar-refractivity contribution in [3.8, 4) is 28.8 Å². The molecule has 3 rings (SSSR count). The van der Waals surface area contributed by atoms with Gasteiger partial charge >= 0.3 is 0 Å². The maximum atomic E-state index is 5.83. The van der Waals surface area contributed by atoms with Gasteiger partial charge in [-0.25, -0.2) is 4.98 Å². The van der Waals surface area contributed by atoms with Crippen molar-refractivity contribution in [2.24, 2.45) is 0 Å². The number of piperidine rings is 1. The van der Waals surface area contributed by atoms with Crippen LogP contribution in [-0.4, -0.2) is 59.7 Å². The first-order valence-corrected chi connectivity index (χ1v) is 10.0. The number of anilines is 1. The van der Waals surface area contributed by atoms with E-state index in [1.807, 2.05) is 39.0 Å². The Morgan fingerprint density at radius 3 is 2.90 bits per heavy atom. The molecule has 0 radical (unpaired) electrons. The van der Waals surface area contributed by atoms with Gasteiger partial charge in [0, 0.05) is 30.3 Å². The first-order chi connectivity index (χ1) is 14.1. The molecule has 29 heavy (non-hydrogen) atoms. The van der Waals surface area contributed by atoms with Crippen molar-refractivity contribution in [3.05, 3.63) is 29.5 Å². The first-order valence-electron chi connectivity index (χ1n) is 10.0. The van der Waals surface area contributed by atoms with E-state index >= 15 is 0 Å². The molecule has 1 atom stereocenters. The molecule has 0 aliphatic carbocycles. The summed E-state index contributed by atoms with van der Waals surface area (Å²) < 4.78 is 11.2. The fourth-order valence-electron chi connectivity index (χ4n) is 3.43. The van der Waals surface area contributed by atoms with Gasteiger partial charge in [0.25, 0.3) is 0 Å². The Labute approximate surface area is 172 Å². The van der Waals surface area contributed by atoms with Gasteiger partial charge in [-0.1, -0.05) is 5.92 Å². The van der Waals surface area contributed by atoms with E-state index in [1.165, 1.54) is 6.42 Å². The molecule has 1 fully saturated rings. The Balaban J connectivity index is 1.83. The number of likely N-dealkylation sites (N-methyl/N-ethyl adjacent to an activating group) is 1. The van der Waals surface area contributed by atoms with Crippen LogP contribution in [0.3, 0.4) is 0 Å². The van der Waals surface area contributed by atoms with Crippen LogP contribution in [0.2, 0.25) is 0 Å². The van der Waals surface area contributed by atoms with Gasteiger partial charge in [0.1, 0.15) is 11.4 Å². The highest BCUT2D eigenvalue weighted by molar-refractivity contribution is 5.70. The topological polar surface area (TPSA) is 72.4 Å². The van der Waals surface area contributed by atoms with Gasteiger partial charge in [0.05, 0.1) is 5.69 Å². The molecule has 2 heterocycles. The zero-order valence-corrected chi connectivity index (χ0v) is 17.7. The Morgan fingerprint density at radius 1 is 1.31 bits per heavy atom. The third-order valence-electron chi connectivity index (χ3n) is 4.83. The highest BCUT2D eigenvalue weighted by Crippen LogP contribution is 2.31. The van der Waals surface area contributed by atoms with Crippen molar-refractivity contribution in [1.29, 1.82) is 0 Å². The summed E-state index contributed by atoms with van der Waals surface area (Å²) in [6.45, 7) is 8.55. The molecule has 0 amide bonds. The number of hydrogen-bond donors (Lipinski definition) is 1. The van der Waals surface area contributed by atoms with E-state index in [0.717, 1.165) is 36.3 Å². The third kappa shape index (κ3) is 5.66. The zero-order chi connectivity index (χ0) is 20.6. The minimum absolute atomic E-state index is 0.168. The smallest absolute Gasteiger partial charge is 0.243 e. The Kier molecular flexibility index (Phi) is 7.39. The van der Waals surface area contributed by atoms with Gasteiger partial charge in [0.15, 0.2) is 6.79 Å². The Bertz CT molecular complexity index is 891. The number of aromatic nitrogens is 3. The summed E-state index contributed by atoms with van der Waals surface area (Å²) >= 11 is 0. The van der Waals surface area contributed by atoms with Crippen molar-refractivity contribution in [2.45, 2.75) is 39.7 Å². The third-order valence-corrected chi connectivity index (χ3v) is 4.83. The van der Waals surface area contributed by atoms with Crippen LogP contribution in [0.5, 0.6) is 5.75 Å². The lowest BCUT2D eigenvalue weighted by Gasteiger charge is -2.30. The van der Waals surface area contributed by atoms with Crippen LogP contribution in [0, 0.1) is 18.8 Å². The average Bonchev–Trinajstić information content (AvgIpc) is 2.69. The fourth-order valence-corrected chi connectivity index (χ4v) is 3.43. The van der Waals surface area contributed by atoms with E-state index in [9.17, 15) is 0 Å². The molecular weight excluding hydrogens is 366 g/mol. The van der Waals surface area contributed by atoms with Gasteiger partial charge in [0.2, 0.25) is 5.95 Å². The standard InChI is InChI=1S/C22H29N5O2/c1-5-8-17-10-11-19(20(13-17)29-15-28-6-2)21-16(3)23-22(26-25-21)24-18-9-7-12-27(4)14-18/h10-11,13,18H,6-7,9,12,14-15H2,1-4H3,(H,23,24,26). The summed E-state index contributed by atoms with van der Waals surface area (Å²) in [7, 11) is 2.14. The van der Waals surface area contributed by atoms with Crippen molar-refractivity contribution in [3.63, 3.8) is 0 Å². The van der Waals surface area contributed by atoms with Gasteiger partial charge in [-0.05, 0) is 65.4 Å². The largest absolute Gasteiger partial charge is 0.467 e. The lowest BCUT2D eigenvalue weighted by Crippen LogP contribution is -2.40. The summed E-state index contributed by atoms with van der Waals surface area (Å²) in [5.41, 5.74) is 3.19. The number of ether oxygens (including phenoxy) is 2. The number of aryl methyl sites for hydroxylation is 1. The zero-order valence-electron chi connectivity index (χ0n) is 17.7. The van der Waals surface area contributed by atoms with Gasteiger partial charge in [-0.3, -0.25) is 0 Å². The van der Waals surface area contributed by atoms with Gasteiger partial charge in [-0.15, -0.1) is 16.1 Å². The average molecular weight is 396 g/mol. The molecular formula is C22H29N5O2. The van der Waals surface area contributed by atoms with Crippen molar-refractivity contribution >= 4 is 5.95 Å². The maximum absolute atomic E-state index is 5.83. The SMILES string of the molecule is CC#Cc1ccc(-c2nnc(NC3CCCN(C)C3)nc2C)c(OCOCC)c1. The second kappa shape index (κ2) is 10.2. The summed E-state index contributed by atoms with van der Waals surface area (Å²) in [4.78, 5) is 6.96. The molecule has 1 aliphatic heterocycles. The number of benzene rings is 1. The summed E-state index contributed by atoms with van der Waals surface area (Å²) in [6, 6.07) is 6.14. The minimum Gasteiger partial charge on any atom is -0.467 e. The normalized spacial score (nSPS) is 16.8. The predicted molar refractivity (Wildman–Crippen MR) is 114 cm³/mol. The Hall–Kier alpha value is -2.69. The molecule has 7 heteroatoms. The molecule has 0 bridgehead atoms. The lowest BCUT2D eigenvalue weighted by atomic mass is 10.1. The Morgan fingerprint density at radius 2 is 2.17 bits per heavy atom. The van der Waals surface area contributed by atoms with Crippen LogP contribution >= 0.6 is 0 Å². The second-order valence-corrected chi connectivity index (χ2v) is 7.16. The van der Waals surface area contributed by atoms with Crippen molar-refractivity contribution in [1.82, 2.24) is 20.1 Å². The monoisotopic (exact) mass is 395 g/mol. The van der Waals surface area contributed by atoms with E-state index in [1.54, 1.807) is 0 Å². The molecule has 1 unspecified atom stereocenters. The van der Waals surface area contributed by atoms with E-state index in [0.29, 0.717) is 30.0 Å². The highest BCUT2D eigenvalue weighted by atomic mass is 16.7. The molecule has 0 saturated carbocycles. The quantitative estimate of drug-likeness (QED) is 0.439. The van der Waals surface area contributed by atoms with Crippen LogP contribution in [0.25, 0.3) is 11.3 Å². The number of nitrogens with one attached hydrogen (secondary N) is 1. The first kappa shape index (κ1) is 21.0. The molecule has 1 N–H and O–H groups in total. The lowest BCUT2D eigenvalue weighted by molar-refractivity contribution is 0.0227. The summed E-state index contributed by atoms with van der Waals surface area (Å²) in [5, 5.41) is 12.2. The predicted octanol–water partition coefficient (Wildman–Crippen LogP) is 3.10. The highest BCUT2D eigenvalue weighted by Gasteiger charge is 2.19. The maximum Gasteiger partial charge on any atom is 0.243 e. The van der Waals surface area contributed by atoms with Crippen molar-refractivity contribution in [2.75, 3.05) is 38.9 Å². The molecule has 7 nitrogen and oxygen atoms in total. The molecule has 1 aromatic carbocycles. The van der Waals surface area contributed by atoms with Crippen LogP contribution < -0.4 is 10.1 Å². The molecule has 154 valence electrons. The molecule has 2 aromatic rings. The molecule has 1 aliphatic rings. The number of nitrogens with zero attached hydrogens (tertiary/aromatic N) is 4.